The smallest absolute Gasteiger partial charge is 0.392 e. The number of benzene rings is 1. The van der Waals surface area contributed by atoms with Crippen molar-refractivity contribution in [3.63, 3.8) is 0 Å². The lowest BCUT2D eigenvalue weighted by Crippen LogP contribution is -2.37. The zero-order valence-corrected chi connectivity index (χ0v) is 19.2. The molecule has 1 amide bonds. The van der Waals surface area contributed by atoms with Crippen LogP contribution in [0.1, 0.15) is 55.9 Å². The molecule has 4 rings (SSSR count). The van der Waals surface area contributed by atoms with Gasteiger partial charge in [-0.15, -0.1) is 0 Å². The Morgan fingerprint density at radius 3 is 2.94 bits per heavy atom. The summed E-state index contributed by atoms with van der Waals surface area (Å²) < 4.78 is 10.1. The average Bonchev–Trinajstić information content (AvgIpc) is 3.59. The van der Waals surface area contributed by atoms with Crippen LogP contribution in [0, 0.1) is 0 Å². The summed E-state index contributed by atoms with van der Waals surface area (Å²) in [5.41, 5.74) is 2.84. The van der Waals surface area contributed by atoms with Gasteiger partial charge in [-0.2, -0.15) is 4.98 Å². The van der Waals surface area contributed by atoms with Crippen LogP contribution in [0.4, 0.5) is 0 Å². The Bertz CT molecular complexity index is 1110. The van der Waals surface area contributed by atoms with E-state index in [-0.39, 0.29) is 11.8 Å². The largest absolute Gasteiger partial charge is 0.399 e. The van der Waals surface area contributed by atoms with Crippen LogP contribution in [0.2, 0.25) is 0 Å². The van der Waals surface area contributed by atoms with Gasteiger partial charge in [0.2, 0.25) is 5.89 Å². The summed E-state index contributed by atoms with van der Waals surface area (Å²) in [6.45, 7) is 6.16. The third-order valence-corrected chi connectivity index (χ3v) is 5.62. The highest BCUT2D eigenvalue weighted by atomic mass is 16.6. The van der Waals surface area contributed by atoms with Crippen LogP contribution < -0.4 is 9.98 Å². The molecule has 0 aliphatic carbocycles. The summed E-state index contributed by atoms with van der Waals surface area (Å²) in [6, 6.07) is 9.39. The van der Waals surface area contributed by atoms with Gasteiger partial charge in [-0.1, -0.05) is 47.0 Å². The van der Waals surface area contributed by atoms with E-state index in [9.17, 15) is 4.79 Å². The van der Waals surface area contributed by atoms with E-state index >= 15 is 0 Å². The molecular formula is C24H29N6O3+. The summed E-state index contributed by atoms with van der Waals surface area (Å²) in [6.07, 6.45) is 5.14. The molecule has 33 heavy (non-hydrogen) atoms. The fraction of sp³-hybridized carbons (Fsp3) is 0.417. The van der Waals surface area contributed by atoms with Crippen LogP contribution in [0.25, 0.3) is 0 Å². The standard InChI is InChI=1S/C24H29N6O3/c1-4-12-25-14-16(2)23-27-22(29-33-23)21-13-18(28-32-3)15-30(21)24(31)20-11-10-19(26-20)17-8-6-5-7-9-17/h5-11,16,21,25H,4,12-15H2,1-3H3/q+1/b28-18+/t16-,21+/m1/s1. The molecule has 0 bridgehead atoms. The lowest BCUT2D eigenvalue weighted by Gasteiger charge is -2.18. The lowest BCUT2D eigenvalue weighted by atomic mass is 10.1. The summed E-state index contributed by atoms with van der Waals surface area (Å²) >= 11 is 0. The van der Waals surface area contributed by atoms with Gasteiger partial charge in [0.05, 0.1) is 17.8 Å². The minimum absolute atomic E-state index is 0.0700. The number of nitrogens with one attached hydrogen (secondary N) is 1. The van der Waals surface area contributed by atoms with Crippen molar-refractivity contribution in [3.8, 4) is 0 Å². The first-order valence-corrected chi connectivity index (χ1v) is 11.2. The highest BCUT2D eigenvalue weighted by Crippen LogP contribution is 2.30. The van der Waals surface area contributed by atoms with Crippen molar-refractivity contribution in [3.05, 3.63) is 59.8 Å². The van der Waals surface area contributed by atoms with Crippen LogP contribution in [0.3, 0.4) is 0 Å². The van der Waals surface area contributed by atoms with Gasteiger partial charge >= 0.3 is 17.3 Å². The summed E-state index contributed by atoms with van der Waals surface area (Å²) in [7, 11) is 1.49. The van der Waals surface area contributed by atoms with Crippen LogP contribution >= 0.6 is 0 Å². The topological polar surface area (TPSA) is 107 Å². The number of likely N-dealkylation sites (tertiary alicyclic amines) is 1. The molecule has 3 heterocycles. The van der Waals surface area contributed by atoms with Gasteiger partial charge < -0.3 is 19.6 Å². The van der Waals surface area contributed by atoms with Gasteiger partial charge in [0.15, 0.2) is 5.82 Å². The van der Waals surface area contributed by atoms with Crippen molar-refractivity contribution in [2.75, 3.05) is 26.7 Å². The van der Waals surface area contributed by atoms with Crippen LogP contribution in [0.15, 0.2) is 52.2 Å². The number of nitrogens with zero attached hydrogens (tertiary/aromatic N) is 5. The second-order valence-electron chi connectivity index (χ2n) is 8.17. The molecule has 2 aliphatic rings. The lowest BCUT2D eigenvalue weighted by molar-refractivity contribution is -0.124. The molecular weight excluding hydrogens is 420 g/mol. The minimum atomic E-state index is -0.392. The second kappa shape index (κ2) is 10.4. The Labute approximate surface area is 192 Å². The highest BCUT2D eigenvalue weighted by molar-refractivity contribution is 6.46. The monoisotopic (exact) mass is 449 g/mol. The summed E-state index contributed by atoms with van der Waals surface area (Å²) in [5.74, 6) is 0.890. The first-order chi connectivity index (χ1) is 16.1. The minimum Gasteiger partial charge on any atom is -0.399 e. The first kappa shape index (κ1) is 22.6. The molecule has 172 valence electrons. The molecule has 1 aromatic carbocycles. The highest BCUT2D eigenvalue weighted by Gasteiger charge is 2.42. The van der Waals surface area contributed by atoms with E-state index in [0.29, 0.717) is 30.4 Å². The number of carbonyl (C=O) groups excluding carboxylic acids is 1. The summed E-state index contributed by atoms with van der Waals surface area (Å²) in [4.78, 5) is 24.7. The van der Waals surface area contributed by atoms with Crippen LogP contribution in [-0.4, -0.2) is 64.8 Å². The van der Waals surface area contributed by atoms with E-state index in [1.165, 1.54) is 7.11 Å². The SMILES string of the molecule is CCCNC[C@@H](C)c1nc([C@@H]2C/C(=N\OC)CN2C(=O)C2=[N+]=C(c3ccccc3)C=C2)no1. The maximum absolute atomic E-state index is 13.4. The number of amides is 1. The summed E-state index contributed by atoms with van der Waals surface area (Å²) in [5, 5.41) is 11.6. The van der Waals surface area contributed by atoms with E-state index in [2.05, 4.69) is 32.2 Å². The molecule has 0 spiro atoms. The van der Waals surface area contributed by atoms with E-state index in [1.54, 1.807) is 11.0 Å². The second-order valence-corrected chi connectivity index (χ2v) is 8.17. The quantitative estimate of drug-likeness (QED) is 0.357. The fourth-order valence-electron chi connectivity index (χ4n) is 3.91. The van der Waals surface area contributed by atoms with Crippen LogP contribution in [0.5, 0.6) is 0 Å². The number of carbonyl (C=O) groups is 1. The van der Waals surface area contributed by atoms with Crippen molar-refractivity contribution < 1.29 is 14.2 Å². The normalized spacial score (nSPS) is 19.7. The Morgan fingerprint density at radius 1 is 1.36 bits per heavy atom. The van der Waals surface area contributed by atoms with Crippen molar-refractivity contribution in [2.45, 2.75) is 38.6 Å². The third kappa shape index (κ3) is 5.10. The van der Waals surface area contributed by atoms with Gasteiger partial charge in [-0.25, -0.2) is 0 Å². The van der Waals surface area contributed by atoms with Gasteiger partial charge in [0.1, 0.15) is 13.2 Å². The molecule has 1 aromatic heterocycles. The van der Waals surface area contributed by atoms with Gasteiger partial charge in [-0.3, -0.25) is 4.79 Å². The molecule has 1 saturated heterocycles. The van der Waals surface area contributed by atoms with E-state index in [4.69, 9.17) is 9.36 Å². The molecule has 2 aromatic rings. The Hall–Kier alpha value is -3.55. The number of oxime groups is 1. The number of rotatable bonds is 9. The molecule has 0 radical (unpaired) electrons. The van der Waals surface area contributed by atoms with Crippen molar-refractivity contribution in [1.29, 1.82) is 0 Å². The molecule has 2 aliphatic heterocycles. The fourth-order valence-corrected chi connectivity index (χ4v) is 3.91. The zero-order chi connectivity index (χ0) is 23.2. The van der Waals surface area contributed by atoms with Gasteiger partial charge in [0.25, 0.3) is 0 Å². The zero-order valence-electron chi connectivity index (χ0n) is 19.2. The van der Waals surface area contributed by atoms with E-state index in [1.807, 2.05) is 43.3 Å². The van der Waals surface area contributed by atoms with Crippen molar-refractivity contribution in [2.24, 2.45) is 5.16 Å². The first-order valence-electron chi connectivity index (χ1n) is 11.2. The van der Waals surface area contributed by atoms with Gasteiger partial charge in [-0.05, 0) is 25.1 Å². The molecule has 9 nitrogen and oxygen atoms in total. The van der Waals surface area contributed by atoms with Crippen molar-refractivity contribution in [1.82, 2.24) is 25.0 Å². The molecule has 0 saturated carbocycles. The molecule has 0 unspecified atom stereocenters. The molecule has 2 atom stereocenters. The Balaban J connectivity index is 1.57. The predicted molar refractivity (Wildman–Crippen MR) is 126 cm³/mol. The maximum atomic E-state index is 13.4. The Kier molecular flexibility index (Phi) is 7.12. The third-order valence-electron chi connectivity index (χ3n) is 5.62. The van der Waals surface area contributed by atoms with E-state index in [0.717, 1.165) is 36.5 Å². The predicted octanol–water partition coefficient (Wildman–Crippen LogP) is 2.02. The van der Waals surface area contributed by atoms with Crippen LogP contribution in [-0.2, 0) is 9.63 Å². The van der Waals surface area contributed by atoms with E-state index < -0.39 is 6.04 Å². The van der Waals surface area contributed by atoms with Gasteiger partial charge in [0, 0.05) is 31.0 Å². The van der Waals surface area contributed by atoms with Crippen molar-refractivity contribution >= 4 is 23.0 Å². The maximum Gasteiger partial charge on any atom is 0.392 e. The number of hydrogen-bond donors (Lipinski definition) is 1. The Morgan fingerprint density at radius 2 is 2.18 bits per heavy atom. The number of aromatic nitrogens is 2. The average molecular weight is 450 g/mol. The molecule has 9 heteroatoms. The number of allylic oxidation sites excluding steroid dienone is 1. The molecule has 1 fully saturated rings. The molecule has 1 N–H and O–H groups in total. The number of hydrogen-bond acceptors (Lipinski definition) is 7.